The fraction of sp³-hybridized carbons (Fsp3) is 0.250. The lowest BCUT2D eigenvalue weighted by molar-refractivity contribution is -0.0129. The number of aliphatic hydroxyl groups is 2. The SMILES string of the molecule is O[C@@H]1c2ccccc2[C@H]1O. The summed E-state index contributed by atoms with van der Waals surface area (Å²) in [5.41, 5.74) is 1.71. The normalized spacial score (nSPS) is 29.0. The zero-order valence-electron chi connectivity index (χ0n) is 5.36. The fourth-order valence-electron chi connectivity index (χ4n) is 1.29. The largest absolute Gasteiger partial charge is 0.385 e. The Hall–Kier alpha value is -0.860. The topological polar surface area (TPSA) is 40.5 Å². The maximum Gasteiger partial charge on any atom is 0.109 e. The van der Waals surface area contributed by atoms with Gasteiger partial charge in [-0.3, -0.25) is 0 Å². The smallest absolute Gasteiger partial charge is 0.109 e. The summed E-state index contributed by atoms with van der Waals surface area (Å²) in [6.07, 6.45) is -1.31. The molecule has 2 rings (SSSR count). The van der Waals surface area contributed by atoms with Crippen LogP contribution in [-0.2, 0) is 0 Å². The van der Waals surface area contributed by atoms with Crippen molar-refractivity contribution < 1.29 is 10.2 Å². The molecule has 0 radical (unpaired) electrons. The number of rotatable bonds is 0. The minimum Gasteiger partial charge on any atom is -0.385 e. The monoisotopic (exact) mass is 136 g/mol. The lowest BCUT2D eigenvalue weighted by Crippen LogP contribution is -2.22. The van der Waals surface area contributed by atoms with E-state index < -0.39 is 12.2 Å². The zero-order valence-corrected chi connectivity index (χ0v) is 5.36. The summed E-state index contributed by atoms with van der Waals surface area (Å²) < 4.78 is 0. The Morgan fingerprint density at radius 2 is 1.30 bits per heavy atom. The number of benzene rings is 1. The first-order valence-electron chi connectivity index (χ1n) is 3.25. The van der Waals surface area contributed by atoms with E-state index in [0.29, 0.717) is 0 Å². The molecule has 2 heteroatoms. The molecule has 1 aliphatic rings. The van der Waals surface area contributed by atoms with Crippen molar-refractivity contribution in [3.05, 3.63) is 35.4 Å². The van der Waals surface area contributed by atoms with E-state index in [1.54, 1.807) is 0 Å². The van der Waals surface area contributed by atoms with Crippen LogP contribution in [0.4, 0.5) is 0 Å². The second-order valence-corrected chi connectivity index (χ2v) is 2.52. The van der Waals surface area contributed by atoms with Crippen LogP contribution in [0.3, 0.4) is 0 Å². The summed E-state index contributed by atoms with van der Waals surface area (Å²) in [6.45, 7) is 0. The van der Waals surface area contributed by atoms with Gasteiger partial charge in [-0.2, -0.15) is 0 Å². The van der Waals surface area contributed by atoms with Gasteiger partial charge in [0.15, 0.2) is 0 Å². The predicted molar refractivity (Wildman–Crippen MR) is 36.4 cm³/mol. The van der Waals surface area contributed by atoms with Gasteiger partial charge in [-0.15, -0.1) is 0 Å². The van der Waals surface area contributed by atoms with E-state index >= 15 is 0 Å². The highest BCUT2D eigenvalue weighted by molar-refractivity contribution is 5.40. The molecule has 0 bridgehead atoms. The van der Waals surface area contributed by atoms with Crippen LogP contribution >= 0.6 is 0 Å². The molecule has 0 aliphatic heterocycles. The Morgan fingerprint density at radius 3 is 1.70 bits per heavy atom. The molecule has 52 valence electrons. The molecule has 0 aromatic heterocycles. The first-order valence-corrected chi connectivity index (χ1v) is 3.25. The van der Waals surface area contributed by atoms with Crippen molar-refractivity contribution in [1.82, 2.24) is 0 Å². The third kappa shape index (κ3) is 0.549. The molecule has 0 amide bonds. The molecule has 0 heterocycles. The Kier molecular flexibility index (Phi) is 1.07. The Balaban J connectivity index is 2.50. The fourth-order valence-corrected chi connectivity index (χ4v) is 1.29. The molecular formula is C8H8O2. The Labute approximate surface area is 58.7 Å². The molecule has 2 atom stereocenters. The van der Waals surface area contributed by atoms with Gasteiger partial charge < -0.3 is 10.2 Å². The van der Waals surface area contributed by atoms with Crippen molar-refractivity contribution >= 4 is 0 Å². The third-order valence-electron chi connectivity index (χ3n) is 1.93. The van der Waals surface area contributed by atoms with Gasteiger partial charge in [-0.05, 0) is 11.1 Å². The second-order valence-electron chi connectivity index (χ2n) is 2.52. The van der Waals surface area contributed by atoms with Gasteiger partial charge in [0.2, 0.25) is 0 Å². The van der Waals surface area contributed by atoms with E-state index in [0.717, 1.165) is 11.1 Å². The van der Waals surface area contributed by atoms with Crippen LogP contribution in [-0.4, -0.2) is 10.2 Å². The lowest BCUT2D eigenvalue weighted by Gasteiger charge is -2.31. The summed E-state index contributed by atoms with van der Waals surface area (Å²) in [6, 6.07) is 7.36. The second kappa shape index (κ2) is 1.81. The van der Waals surface area contributed by atoms with E-state index in [4.69, 9.17) is 10.2 Å². The molecule has 2 N–H and O–H groups in total. The molecule has 1 aromatic rings. The van der Waals surface area contributed by atoms with Crippen LogP contribution in [0.2, 0.25) is 0 Å². The molecule has 0 unspecified atom stereocenters. The van der Waals surface area contributed by atoms with Crippen LogP contribution in [0, 0.1) is 0 Å². The van der Waals surface area contributed by atoms with Crippen molar-refractivity contribution in [1.29, 1.82) is 0 Å². The van der Waals surface area contributed by atoms with Crippen LogP contribution < -0.4 is 0 Å². The average molecular weight is 136 g/mol. The third-order valence-corrected chi connectivity index (χ3v) is 1.93. The lowest BCUT2D eigenvalue weighted by atomic mass is 9.83. The first kappa shape index (κ1) is 5.89. The minimum atomic E-state index is -0.656. The standard InChI is InChI=1S/C8H8O2/c9-7-5-3-1-2-4-6(5)8(7)10/h1-4,7-10H/t7-,8-/m1/s1. The molecule has 0 saturated carbocycles. The highest BCUT2D eigenvalue weighted by Gasteiger charge is 2.33. The molecule has 1 aromatic carbocycles. The number of fused-ring (bicyclic) bond motifs is 1. The maximum atomic E-state index is 9.12. The van der Waals surface area contributed by atoms with Crippen LogP contribution in [0.25, 0.3) is 0 Å². The molecule has 0 fully saturated rings. The van der Waals surface area contributed by atoms with Gasteiger partial charge in [0.05, 0.1) is 0 Å². The molecule has 1 aliphatic carbocycles. The van der Waals surface area contributed by atoms with Gasteiger partial charge >= 0.3 is 0 Å². The highest BCUT2D eigenvalue weighted by Crippen LogP contribution is 2.42. The number of hydrogen-bond acceptors (Lipinski definition) is 2. The molecular weight excluding hydrogens is 128 g/mol. The van der Waals surface area contributed by atoms with Gasteiger partial charge in [0, 0.05) is 0 Å². The maximum absolute atomic E-state index is 9.12. The van der Waals surface area contributed by atoms with Crippen LogP contribution in [0.5, 0.6) is 0 Å². The number of aliphatic hydroxyl groups excluding tert-OH is 2. The Bertz CT molecular complexity index is 230. The molecule has 0 saturated heterocycles. The molecule has 0 spiro atoms. The minimum absolute atomic E-state index is 0.656. The van der Waals surface area contributed by atoms with E-state index in [9.17, 15) is 0 Å². The average Bonchev–Trinajstić information content (AvgIpc) is 2.03. The summed E-state index contributed by atoms with van der Waals surface area (Å²) in [4.78, 5) is 0. The summed E-state index contributed by atoms with van der Waals surface area (Å²) in [5, 5.41) is 18.2. The van der Waals surface area contributed by atoms with Crippen LogP contribution in [0.15, 0.2) is 24.3 Å². The van der Waals surface area contributed by atoms with Crippen molar-refractivity contribution in [2.24, 2.45) is 0 Å². The van der Waals surface area contributed by atoms with Gasteiger partial charge in [0.1, 0.15) is 12.2 Å². The van der Waals surface area contributed by atoms with E-state index in [1.165, 1.54) is 0 Å². The predicted octanol–water partition coefficient (Wildman–Crippen LogP) is 0.767. The van der Waals surface area contributed by atoms with Crippen molar-refractivity contribution in [2.45, 2.75) is 12.2 Å². The summed E-state index contributed by atoms with van der Waals surface area (Å²) in [5.74, 6) is 0. The highest BCUT2D eigenvalue weighted by atomic mass is 16.3. The van der Waals surface area contributed by atoms with E-state index in [-0.39, 0.29) is 0 Å². The van der Waals surface area contributed by atoms with Crippen molar-refractivity contribution in [2.75, 3.05) is 0 Å². The van der Waals surface area contributed by atoms with Gasteiger partial charge in [-0.25, -0.2) is 0 Å². The molecule has 10 heavy (non-hydrogen) atoms. The molecule has 2 nitrogen and oxygen atoms in total. The van der Waals surface area contributed by atoms with Gasteiger partial charge in [-0.1, -0.05) is 24.3 Å². The van der Waals surface area contributed by atoms with E-state index in [2.05, 4.69) is 0 Å². The summed E-state index contributed by atoms with van der Waals surface area (Å²) in [7, 11) is 0. The van der Waals surface area contributed by atoms with Crippen molar-refractivity contribution in [3.8, 4) is 0 Å². The summed E-state index contributed by atoms with van der Waals surface area (Å²) >= 11 is 0. The number of hydrogen-bond donors (Lipinski definition) is 2. The zero-order chi connectivity index (χ0) is 7.14. The van der Waals surface area contributed by atoms with Crippen molar-refractivity contribution in [3.63, 3.8) is 0 Å². The quantitative estimate of drug-likeness (QED) is 0.553. The first-order chi connectivity index (χ1) is 4.80. The Morgan fingerprint density at radius 1 is 0.900 bits per heavy atom. The van der Waals surface area contributed by atoms with Gasteiger partial charge in [0.25, 0.3) is 0 Å². The van der Waals surface area contributed by atoms with Crippen LogP contribution in [0.1, 0.15) is 23.3 Å². The van der Waals surface area contributed by atoms with E-state index in [1.807, 2.05) is 24.3 Å².